The number of benzene rings is 1. The van der Waals surface area contributed by atoms with Gasteiger partial charge in [0, 0.05) is 27.8 Å². The normalized spacial score (nSPS) is 14.2. The Balaban J connectivity index is 2.16. The van der Waals surface area contributed by atoms with Crippen molar-refractivity contribution in [2.24, 2.45) is 0 Å². The molecule has 0 radical (unpaired) electrons. The maximum absolute atomic E-state index is 12.9. The third kappa shape index (κ3) is 4.49. The molecule has 6 heteroatoms. The average molecular weight is 426 g/mol. The molecule has 0 bridgehead atoms. The van der Waals surface area contributed by atoms with E-state index in [1.165, 1.54) is 5.56 Å². The molecule has 2 aromatic rings. The van der Waals surface area contributed by atoms with Crippen molar-refractivity contribution in [3.63, 3.8) is 0 Å². The molecular weight excluding hydrogens is 398 g/mol. The van der Waals surface area contributed by atoms with E-state index in [1.807, 2.05) is 56.0 Å². The molecule has 0 fully saturated rings. The highest BCUT2D eigenvalue weighted by Gasteiger charge is 2.36. The van der Waals surface area contributed by atoms with E-state index in [9.17, 15) is 9.59 Å². The number of ether oxygens (including phenoxy) is 2. The van der Waals surface area contributed by atoms with Gasteiger partial charge in [-0.15, -0.1) is 11.3 Å². The highest BCUT2D eigenvalue weighted by Crippen LogP contribution is 2.41. The van der Waals surface area contributed by atoms with Gasteiger partial charge in [-0.3, -0.25) is 0 Å². The minimum absolute atomic E-state index is 0.258. The van der Waals surface area contributed by atoms with Crippen molar-refractivity contribution < 1.29 is 19.1 Å². The number of nitrogens with zero attached hydrogens (tertiary/aromatic N) is 1. The van der Waals surface area contributed by atoms with E-state index in [4.69, 9.17) is 9.47 Å². The second-order valence-corrected chi connectivity index (χ2v) is 8.49. The standard InChI is InChI=1S/C24H27NO4S/c1-6-28-23(26)19-13-25(18-10-8-15(3)16(4)12-18)14-20(24(27)29-7-2)22(19)21-11-9-17(5)30-21/h8-14,22H,6-7H2,1-5H3. The minimum atomic E-state index is -0.524. The molecule has 0 amide bonds. The van der Waals surface area contributed by atoms with E-state index < -0.39 is 17.9 Å². The third-order valence-electron chi connectivity index (χ3n) is 5.03. The number of anilines is 1. The number of carbonyl (C=O) groups is 2. The monoisotopic (exact) mass is 425 g/mol. The molecule has 0 saturated heterocycles. The van der Waals surface area contributed by atoms with Crippen molar-refractivity contribution in [2.45, 2.75) is 40.5 Å². The van der Waals surface area contributed by atoms with Gasteiger partial charge in [-0.1, -0.05) is 6.07 Å². The number of thiophene rings is 1. The molecule has 3 rings (SSSR count). The van der Waals surface area contributed by atoms with Crippen molar-refractivity contribution in [3.05, 3.63) is 74.8 Å². The van der Waals surface area contributed by atoms with Crippen LogP contribution in [-0.4, -0.2) is 25.2 Å². The Kier molecular flexibility index (Phi) is 6.77. The maximum atomic E-state index is 12.9. The summed E-state index contributed by atoms with van der Waals surface area (Å²) in [4.78, 5) is 29.7. The molecule has 0 unspecified atom stereocenters. The Morgan fingerprint density at radius 3 is 1.97 bits per heavy atom. The van der Waals surface area contributed by atoms with Crippen LogP contribution in [0.5, 0.6) is 0 Å². The molecule has 1 aliphatic rings. The summed E-state index contributed by atoms with van der Waals surface area (Å²) in [5, 5.41) is 0. The van der Waals surface area contributed by atoms with Crippen molar-refractivity contribution in [3.8, 4) is 0 Å². The fraction of sp³-hybridized carbons (Fsp3) is 0.333. The predicted molar refractivity (Wildman–Crippen MR) is 120 cm³/mol. The number of esters is 2. The van der Waals surface area contributed by atoms with Crippen LogP contribution in [0.2, 0.25) is 0 Å². The molecule has 30 heavy (non-hydrogen) atoms. The second-order valence-electron chi connectivity index (χ2n) is 7.17. The Morgan fingerprint density at radius 2 is 1.50 bits per heavy atom. The lowest BCUT2D eigenvalue weighted by Crippen LogP contribution is -2.29. The smallest absolute Gasteiger partial charge is 0.336 e. The summed E-state index contributed by atoms with van der Waals surface area (Å²) in [5.41, 5.74) is 4.00. The summed E-state index contributed by atoms with van der Waals surface area (Å²) >= 11 is 1.56. The summed E-state index contributed by atoms with van der Waals surface area (Å²) in [6.45, 7) is 10.1. The molecule has 1 aliphatic heterocycles. The largest absolute Gasteiger partial charge is 0.463 e. The van der Waals surface area contributed by atoms with E-state index in [0.29, 0.717) is 11.1 Å². The van der Waals surface area contributed by atoms with Gasteiger partial charge < -0.3 is 14.4 Å². The lowest BCUT2D eigenvalue weighted by Gasteiger charge is -2.30. The molecule has 5 nitrogen and oxygen atoms in total. The molecule has 1 aromatic carbocycles. The number of aryl methyl sites for hydroxylation is 3. The SMILES string of the molecule is CCOC(=O)C1=CN(c2ccc(C)c(C)c2)C=C(C(=O)OCC)C1c1ccc(C)s1. The van der Waals surface area contributed by atoms with Crippen LogP contribution < -0.4 is 4.90 Å². The van der Waals surface area contributed by atoms with Crippen LogP contribution in [-0.2, 0) is 19.1 Å². The maximum Gasteiger partial charge on any atom is 0.336 e. The molecule has 0 saturated carbocycles. The topological polar surface area (TPSA) is 55.8 Å². The Bertz CT molecular complexity index is 982. The van der Waals surface area contributed by atoms with Gasteiger partial charge in [0.2, 0.25) is 0 Å². The summed E-state index contributed by atoms with van der Waals surface area (Å²) in [5.74, 6) is -1.39. The van der Waals surface area contributed by atoms with Crippen LogP contribution in [0.1, 0.15) is 40.6 Å². The van der Waals surface area contributed by atoms with Crippen LogP contribution in [0.4, 0.5) is 5.69 Å². The van der Waals surface area contributed by atoms with Gasteiger partial charge in [0.25, 0.3) is 0 Å². The third-order valence-corrected chi connectivity index (χ3v) is 6.10. The fourth-order valence-electron chi connectivity index (χ4n) is 3.37. The Labute approximate surface area is 181 Å². The number of carbonyl (C=O) groups excluding carboxylic acids is 2. The predicted octanol–water partition coefficient (Wildman–Crippen LogP) is 5.17. The fourth-order valence-corrected chi connectivity index (χ4v) is 4.39. The molecule has 1 aromatic heterocycles. The lowest BCUT2D eigenvalue weighted by molar-refractivity contribution is -0.139. The highest BCUT2D eigenvalue weighted by atomic mass is 32.1. The minimum Gasteiger partial charge on any atom is -0.463 e. The van der Waals surface area contributed by atoms with Crippen molar-refractivity contribution in [2.75, 3.05) is 18.1 Å². The van der Waals surface area contributed by atoms with E-state index in [2.05, 4.69) is 0 Å². The van der Waals surface area contributed by atoms with Gasteiger partial charge >= 0.3 is 11.9 Å². The second kappa shape index (κ2) is 9.30. The van der Waals surface area contributed by atoms with Crippen LogP contribution in [0.3, 0.4) is 0 Å². The first kappa shape index (κ1) is 21.8. The Morgan fingerprint density at radius 1 is 0.900 bits per heavy atom. The van der Waals surface area contributed by atoms with Gasteiger partial charge in [-0.05, 0) is 70.0 Å². The van der Waals surface area contributed by atoms with Crippen LogP contribution >= 0.6 is 11.3 Å². The molecule has 2 heterocycles. The quantitative estimate of drug-likeness (QED) is 0.598. The molecule has 0 N–H and O–H groups in total. The summed E-state index contributed by atoms with van der Waals surface area (Å²) in [6, 6.07) is 9.97. The van der Waals surface area contributed by atoms with E-state index in [0.717, 1.165) is 21.0 Å². The van der Waals surface area contributed by atoms with Crippen molar-refractivity contribution >= 4 is 29.0 Å². The van der Waals surface area contributed by atoms with Gasteiger partial charge in [-0.25, -0.2) is 9.59 Å². The molecule has 0 atom stereocenters. The first-order chi connectivity index (χ1) is 14.3. The molecule has 158 valence electrons. The Hall–Kier alpha value is -2.86. The average Bonchev–Trinajstić information content (AvgIpc) is 3.15. The van der Waals surface area contributed by atoms with Crippen LogP contribution in [0, 0.1) is 20.8 Å². The number of rotatable bonds is 6. The summed E-state index contributed by atoms with van der Waals surface area (Å²) in [6.07, 6.45) is 3.54. The zero-order chi connectivity index (χ0) is 21.8. The van der Waals surface area contributed by atoms with E-state index in [-0.39, 0.29) is 13.2 Å². The molecule has 0 aliphatic carbocycles. The first-order valence-electron chi connectivity index (χ1n) is 10.0. The first-order valence-corrected chi connectivity index (χ1v) is 10.9. The number of hydrogen-bond acceptors (Lipinski definition) is 6. The van der Waals surface area contributed by atoms with E-state index >= 15 is 0 Å². The summed E-state index contributed by atoms with van der Waals surface area (Å²) < 4.78 is 10.7. The summed E-state index contributed by atoms with van der Waals surface area (Å²) in [7, 11) is 0. The zero-order valence-corrected chi connectivity index (χ0v) is 18.8. The van der Waals surface area contributed by atoms with Crippen LogP contribution in [0.25, 0.3) is 0 Å². The van der Waals surface area contributed by atoms with Crippen molar-refractivity contribution in [1.82, 2.24) is 0 Å². The highest BCUT2D eigenvalue weighted by molar-refractivity contribution is 7.12. The van der Waals surface area contributed by atoms with E-state index in [1.54, 1.807) is 37.6 Å². The van der Waals surface area contributed by atoms with Gasteiger partial charge in [0.05, 0.1) is 30.3 Å². The van der Waals surface area contributed by atoms with Gasteiger partial charge in [0.15, 0.2) is 0 Å². The number of hydrogen-bond donors (Lipinski definition) is 0. The van der Waals surface area contributed by atoms with Crippen LogP contribution in [0.15, 0.2) is 53.9 Å². The van der Waals surface area contributed by atoms with Gasteiger partial charge in [0.1, 0.15) is 0 Å². The molecule has 0 spiro atoms. The lowest BCUT2D eigenvalue weighted by atomic mass is 9.87. The molecular formula is C24H27NO4S. The van der Waals surface area contributed by atoms with Crippen molar-refractivity contribution in [1.29, 1.82) is 0 Å². The zero-order valence-electron chi connectivity index (χ0n) is 18.0. The van der Waals surface area contributed by atoms with Gasteiger partial charge in [-0.2, -0.15) is 0 Å².